The van der Waals surface area contributed by atoms with Gasteiger partial charge in [-0.1, -0.05) is 200 Å². The van der Waals surface area contributed by atoms with Gasteiger partial charge in [-0.05, 0) is 93.2 Å². The van der Waals surface area contributed by atoms with Crippen LogP contribution < -0.4 is 0 Å². The van der Waals surface area contributed by atoms with Crippen molar-refractivity contribution in [1.29, 1.82) is 0 Å². The highest BCUT2D eigenvalue weighted by Crippen LogP contribution is 2.56. The third kappa shape index (κ3) is 6.38. The summed E-state index contributed by atoms with van der Waals surface area (Å²) < 4.78 is 0. The van der Waals surface area contributed by atoms with Crippen molar-refractivity contribution in [3.8, 4) is 78.7 Å². The average Bonchev–Trinajstić information content (AvgIpc) is 3.62. The van der Waals surface area contributed by atoms with Gasteiger partial charge in [0.15, 0.2) is 17.5 Å². The molecule has 0 spiro atoms. The highest BCUT2D eigenvalue weighted by molar-refractivity contribution is 5.88. The molecule has 10 rings (SSSR count). The molecule has 3 nitrogen and oxygen atoms in total. The number of rotatable bonds is 8. The van der Waals surface area contributed by atoms with Crippen LogP contribution in [0.3, 0.4) is 0 Å². The quantitative estimate of drug-likeness (QED) is 0.145. The fourth-order valence-corrected chi connectivity index (χ4v) is 8.84. The molecule has 1 aromatic heterocycles. The minimum absolute atomic E-state index is 0.379. The number of fused-ring (bicyclic) bond motifs is 3. The second-order valence-electron chi connectivity index (χ2n) is 15.2. The second-order valence-corrected chi connectivity index (χ2v) is 15.2. The van der Waals surface area contributed by atoms with Crippen molar-refractivity contribution in [3.63, 3.8) is 0 Å². The molecule has 1 aliphatic carbocycles. The predicted octanol–water partition coefficient (Wildman–Crippen LogP) is 14.2. The molecule has 0 aliphatic heterocycles. The van der Waals surface area contributed by atoms with Crippen LogP contribution in [0.25, 0.3) is 78.7 Å². The first-order valence-electron chi connectivity index (χ1n) is 20.2. The summed E-state index contributed by atoms with van der Waals surface area (Å²) >= 11 is 0. The third-order valence-electron chi connectivity index (χ3n) is 11.8. The van der Waals surface area contributed by atoms with Gasteiger partial charge in [0.05, 0.1) is 5.41 Å². The van der Waals surface area contributed by atoms with E-state index in [-0.39, 0.29) is 5.41 Å². The Morgan fingerprint density at radius 3 is 1.39 bits per heavy atom. The van der Waals surface area contributed by atoms with Gasteiger partial charge in [-0.25, -0.2) is 15.0 Å². The molecule has 59 heavy (non-hydrogen) atoms. The standard InChI is InChI=1S/C56H41N3/c1-3-38(2)56(48-25-11-6-12-26-48)51-28-14-13-27-49(51)50-34-33-46(37-52(50)56)44-22-15-21-43(35-44)45-23-16-24-47(36-45)55-58-53(41-19-9-5-10-20-41)57-54(59-55)42-31-29-40(30-32-42)39-17-7-4-8-18-39/h3-37H,1-2H3/b38-3+. The summed E-state index contributed by atoms with van der Waals surface area (Å²) in [4.78, 5) is 15.1. The first kappa shape index (κ1) is 35.9. The van der Waals surface area contributed by atoms with Crippen LogP contribution in [0, 0.1) is 0 Å². The van der Waals surface area contributed by atoms with Crippen molar-refractivity contribution in [3.05, 3.63) is 235 Å². The Morgan fingerprint density at radius 1 is 0.356 bits per heavy atom. The summed E-state index contributed by atoms with van der Waals surface area (Å²) in [7, 11) is 0. The van der Waals surface area contributed by atoms with Gasteiger partial charge in [0.1, 0.15) is 0 Å². The lowest BCUT2D eigenvalue weighted by Crippen LogP contribution is -2.28. The highest BCUT2D eigenvalue weighted by Gasteiger charge is 2.45. The van der Waals surface area contributed by atoms with Gasteiger partial charge in [0.25, 0.3) is 0 Å². The van der Waals surface area contributed by atoms with Crippen LogP contribution in [-0.4, -0.2) is 15.0 Å². The SMILES string of the molecule is C/C=C(\C)C1(c2ccccc2)c2ccccc2-c2ccc(-c3cccc(-c4cccc(-c5nc(-c6ccccc6)nc(-c6ccc(-c7ccccc7)cc6)n5)c4)c3)cc21. The molecule has 1 aliphatic rings. The minimum Gasteiger partial charge on any atom is -0.208 e. The van der Waals surface area contributed by atoms with Crippen LogP contribution in [0.5, 0.6) is 0 Å². The lowest BCUT2D eigenvalue weighted by molar-refractivity contribution is 0.745. The number of hydrogen-bond acceptors (Lipinski definition) is 3. The van der Waals surface area contributed by atoms with Crippen LogP contribution in [0.1, 0.15) is 30.5 Å². The molecule has 1 unspecified atom stereocenters. The number of aromatic nitrogens is 3. The maximum atomic E-state index is 5.09. The Kier molecular flexibility index (Phi) is 9.19. The Hall–Kier alpha value is -7.49. The van der Waals surface area contributed by atoms with E-state index in [1.165, 1.54) is 50.1 Å². The number of hydrogen-bond donors (Lipinski definition) is 0. The zero-order chi connectivity index (χ0) is 39.8. The first-order chi connectivity index (χ1) is 29.1. The van der Waals surface area contributed by atoms with Gasteiger partial charge in [-0.3, -0.25) is 0 Å². The normalized spacial score (nSPS) is 14.4. The summed E-state index contributed by atoms with van der Waals surface area (Å²) in [5.74, 6) is 1.91. The average molecular weight is 756 g/mol. The maximum absolute atomic E-state index is 5.09. The van der Waals surface area contributed by atoms with Gasteiger partial charge in [0.2, 0.25) is 0 Å². The highest BCUT2D eigenvalue weighted by atomic mass is 15.0. The summed E-state index contributed by atoms with van der Waals surface area (Å²) in [6.45, 7) is 4.44. The van der Waals surface area contributed by atoms with Crippen molar-refractivity contribution in [2.75, 3.05) is 0 Å². The van der Waals surface area contributed by atoms with E-state index in [1.807, 2.05) is 36.4 Å². The Bertz CT molecular complexity index is 2990. The van der Waals surface area contributed by atoms with Crippen LogP contribution in [-0.2, 0) is 5.41 Å². The van der Waals surface area contributed by atoms with Crippen LogP contribution in [0.2, 0.25) is 0 Å². The molecule has 8 aromatic carbocycles. The molecule has 3 heteroatoms. The molecule has 0 N–H and O–H groups in total. The van der Waals surface area contributed by atoms with E-state index in [9.17, 15) is 0 Å². The summed E-state index contributed by atoms with van der Waals surface area (Å²) in [5, 5.41) is 0. The first-order valence-corrected chi connectivity index (χ1v) is 20.2. The molecule has 1 heterocycles. The van der Waals surface area contributed by atoms with Crippen molar-refractivity contribution in [2.24, 2.45) is 0 Å². The Morgan fingerprint density at radius 2 is 0.763 bits per heavy atom. The zero-order valence-corrected chi connectivity index (χ0v) is 33.0. The number of benzene rings is 8. The Balaban J connectivity index is 1.04. The van der Waals surface area contributed by atoms with Gasteiger partial charge < -0.3 is 0 Å². The number of allylic oxidation sites excluding steroid dienone is 2. The minimum atomic E-state index is -0.379. The largest absolute Gasteiger partial charge is 0.208 e. The van der Waals surface area contributed by atoms with Crippen molar-refractivity contribution in [2.45, 2.75) is 19.3 Å². The molecular formula is C56H41N3. The predicted molar refractivity (Wildman–Crippen MR) is 244 cm³/mol. The summed E-state index contributed by atoms with van der Waals surface area (Å²) in [6, 6.07) is 73.3. The third-order valence-corrected chi connectivity index (χ3v) is 11.8. The molecule has 0 amide bonds. The molecule has 0 radical (unpaired) electrons. The maximum Gasteiger partial charge on any atom is 0.164 e. The fraction of sp³-hybridized carbons (Fsp3) is 0.0536. The lowest BCUT2D eigenvalue weighted by Gasteiger charge is -2.34. The van der Waals surface area contributed by atoms with Crippen LogP contribution in [0.4, 0.5) is 0 Å². The van der Waals surface area contributed by atoms with E-state index in [1.54, 1.807) is 0 Å². The van der Waals surface area contributed by atoms with Gasteiger partial charge >= 0.3 is 0 Å². The summed E-state index contributed by atoms with van der Waals surface area (Å²) in [5.41, 5.74) is 17.2. The van der Waals surface area contributed by atoms with Gasteiger partial charge in [0, 0.05) is 16.7 Å². The van der Waals surface area contributed by atoms with E-state index < -0.39 is 0 Å². The second kappa shape index (κ2) is 15.1. The van der Waals surface area contributed by atoms with Crippen LogP contribution in [0.15, 0.2) is 218 Å². The van der Waals surface area contributed by atoms with Crippen LogP contribution >= 0.6 is 0 Å². The van der Waals surface area contributed by atoms with E-state index in [2.05, 4.69) is 190 Å². The fourth-order valence-electron chi connectivity index (χ4n) is 8.84. The molecule has 1 atom stereocenters. The molecular weight excluding hydrogens is 715 g/mol. The van der Waals surface area contributed by atoms with Gasteiger partial charge in [-0.2, -0.15) is 0 Å². The van der Waals surface area contributed by atoms with E-state index in [0.717, 1.165) is 33.4 Å². The smallest absolute Gasteiger partial charge is 0.164 e. The van der Waals surface area contributed by atoms with E-state index in [4.69, 9.17) is 15.0 Å². The monoisotopic (exact) mass is 755 g/mol. The van der Waals surface area contributed by atoms with Gasteiger partial charge in [-0.15, -0.1) is 0 Å². The topological polar surface area (TPSA) is 38.7 Å². The van der Waals surface area contributed by atoms with E-state index in [0.29, 0.717) is 17.5 Å². The van der Waals surface area contributed by atoms with Crippen molar-refractivity contribution in [1.82, 2.24) is 15.0 Å². The zero-order valence-electron chi connectivity index (χ0n) is 33.0. The molecule has 0 bridgehead atoms. The van der Waals surface area contributed by atoms with Crippen molar-refractivity contribution >= 4 is 0 Å². The Labute approximate surface area is 346 Å². The summed E-state index contributed by atoms with van der Waals surface area (Å²) in [6.07, 6.45) is 2.28. The van der Waals surface area contributed by atoms with Crippen molar-refractivity contribution < 1.29 is 0 Å². The lowest BCUT2D eigenvalue weighted by atomic mass is 9.67. The molecule has 9 aromatic rings. The van der Waals surface area contributed by atoms with E-state index >= 15 is 0 Å². The molecule has 0 fully saturated rings. The molecule has 0 saturated carbocycles. The molecule has 280 valence electrons. The number of nitrogens with zero attached hydrogens (tertiary/aromatic N) is 3. The molecule has 0 saturated heterocycles.